The van der Waals surface area contributed by atoms with Gasteiger partial charge in [-0.15, -0.1) is 0 Å². The van der Waals surface area contributed by atoms with Crippen molar-refractivity contribution in [3.63, 3.8) is 0 Å². The third-order valence-electron chi connectivity index (χ3n) is 7.71. The van der Waals surface area contributed by atoms with E-state index in [1.54, 1.807) is 0 Å². The fraction of sp³-hybridized carbons (Fsp3) is 0.700. The lowest BCUT2D eigenvalue weighted by atomic mass is 9.55. The van der Waals surface area contributed by atoms with Crippen LogP contribution in [0.15, 0.2) is 15.0 Å². The van der Waals surface area contributed by atoms with Crippen LogP contribution in [0.4, 0.5) is 0 Å². The van der Waals surface area contributed by atoms with Crippen LogP contribution in [0.2, 0.25) is 0 Å². The molecule has 1 spiro atoms. The average Bonchev–Trinajstić information content (AvgIpc) is 3.20. The minimum Gasteiger partial charge on any atom is -0.506 e. The molecule has 2 saturated carbocycles. The molecule has 1 saturated heterocycles. The van der Waals surface area contributed by atoms with Crippen LogP contribution < -0.4 is 0 Å². The molecule has 142 valence electrons. The van der Waals surface area contributed by atoms with Crippen molar-refractivity contribution in [1.29, 1.82) is 0 Å². The van der Waals surface area contributed by atoms with E-state index in [0.29, 0.717) is 36.7 Å². The number of fused-ring (bicyclic) bond motifs is 6. The van der Waals surface area contributed by atoms with Gasteiger partial charge in [0.2, 0.25) is 0 Å². The van der Waals surface area contributed by atoms with Gasteiger partial charge in [0.25, 0.3) is 0 Å². The summed E-state index contributed by atoms with van der Waals surface area (Å²) in [7, 11) is 0. The highest BCUT2D eigenvalue weighted by Crippen LogP contribution is 2.66. The molecule has 1 heterocycles. The first-order valence-electron chi connectivity index (χ1n) is 9.55. The zero-order valence-electron chi connectivity index (χ0n) is 14.8. The molecule has 26 heavy (non-hydrogen) atoms. The van der Waals surface area contributed by atoms with Crippen LogP contribution in [-0.2, 0) is 15.9 Å². The predicted molar refractivity (Wildman–Crippen MR) is 104 cm³/mol. The first kappa shape index (κ1) is 17.9. The highest BCUT2D eigenvalue weighted by molar-refractivity contribution is 9.11. The maximum absolute atomic E-state index is 10.9. The molecule has 4 aliphatic rings. The van der Waals surface area contributed by atoms with E-state index in [9.17, 15) is 10.2 Å². The number of halogens is 2. The second kappa shape index (κ2) is 5.93. The van der Waals surface area contributed by atoms with Gasteiger partial charge in [-0.05, 0) is 98.9 Å². The van der Waals surface area contributed by atoms with Crippen LogP contribution in [0.5, 0.6) is 5.75 Å². The molecule has 0 radical (unpaired) electrons. The normalized spacial score (nSPS) is 40.3. The quantitative estimate of drug-likeness (QED) is 0.566. The van der Waals surface area contributed by atoms with Crippen molar-refractivity contribution in [3.8, 4) is 5.75 Å². The number of benzene rings is 1. The van der Waals surface area contributed by atoms with Crippen LogP contribution in [0.3, 0.4) is 0 Å². The summed E-state index contributed by atoms with van der Waals surface area (Å²) in [4.78, 5) is 0. The Bertz CT molecular complexity index is 761. The molecule has 6 heteroatoms. The molecule has 1 aromatic carbocycles. The highest BCUT2D eigenvalue weighted by Gasteiger charge is 2.69. The molecule has 1 aliphatic heterocycles. The molecule has 0 unspecified atom stereocenters. The van der Waals surface area contributed by atoms with E-state index in [1.165, 1.54) is 11.1 Å². The van der Waals surface area contributed by atoms with Crippen molar-refractivity contribution < 1.29 is 19.7 Å². The predicted octanol–water partition coefficient (Wildman–Crippen LogP) is 4.49. The van der Waals surface area contributed by atoms with Gasteiger partial charge in [-0.3, -0.25) is 0 Å². The van der Waals surface area contributed by atoms with E-state index in [0.717, 1.165) is 41.0 Å². The van der Waals surface area contributed by atoms with Crippen LogP contribution in [-0.4, -0.2) is 35.3 Å². The summed E-state index contributed by atoms with van der Waals surface area (Å²) in [5, 5.41) is 21.2. The van der Waals surface area contributed by atoms with Gasteiger partial charge in [-0.1, -0.05) is 6.92 Å². The lowest BCUT2D eigenvalue weighted by Crippen LogP contribution is -2.54. The minimum atomic E-state index is -0.807. The summed E-state index contributed by atoms with van der Waals surface area (Å²) < 4.78 is 13.7. The maximum atomic E-state index is 10.9. The molecule has 0 amide bonds. The number of ether oxygens (including phenoxy) is 2. The number of hydrogen-bond acceptors (Lipinski definition) is 4. The Morgan fingerprint density at radius 2 is 1.92 bits per heavy atom. The summed E-state index contributed by atoms with van der Waals surface area (Å²) in [6.45, 7) is 3.43. The van der Waals surface area contributed by atoms with Gasteiger partial charge < -0.3 is 19.7 Å². The van der Waals surface area contributed by atoms with Crippen molar-refractivity contribution in [2.45, 2.75) is 56.8 Å². The summed E-state index contributed by atoms with van der Waals surface area (Å²) in [5.74, 6) is 0.874. The van der Waals surface area contributed by atoms with Crippen LogP contribution in [0.1, 0.15) is 49.7 Å². The minimum absolute atomic E-state index is 0.132. The van der Waals surface area contributed by atoms with Crippen molar-refractivity contribution in [2.75, 3.05) is 13.2 Å². The molecule has 3 fully saturated rings. The fourth-order valence-corrected chi connectivity index (χ4v) is 7.90. The molecule has 3 aliphatic carbocycles. The van der Waals surface area contributed by atoms with Gasteiger partial charge in [0.15, 0.2) is 5.79 Å². The van der Waals surface area contributed by atoms with E-state index in [1.807, 2.05) is 0 Å². The van der Waals surface area contributed by atoms with E-state index < -0.39 is 11.9 Å². The average molecular weight is 488 g/mol. The number of phenolic OH excluding ortho intramolecular Hbond substituents is 1. The van der Waals surface area contributed by atoms with Crippen molar-refractivity contribution in [2.24, 2.45) is 17.3 Å². The number of phenols is 1. The summed E-state index contributed by atoms with van der Waals surface area (Å²) >= 11 is 7.11. The largest absolute Gasteiger partial charge is 0.506 e. The van der Waals surface area contributed by atoms with Gasteiger partial charge in [0, 0.05) is 5.41 Å². The number of rotatable bonds is 0. The second-order valence-corrected chi connectivity index (χ2v) is 10.2. The molecular weight excluding hydrogens is 464 g/mol. The Kier molecular flexibility index (Phi) is 4.09. The number of aromatic hydroxyl groups is 1. The molecule has 5 rings (SSSR count). The van der Waals surface area contributed by atoms with Crippen molar-refractivity contribution in [1.82, 2.24) is 0 Å². The van der Waals surface area contributed by atoms with E-state index in [2.05, 4.69) is 44.8 Å². The molecule has 1 aromatic rings. The van der Waals surface area contributed by atoms with E-state index in [4.69, 9.17) is 9.47 Å². The lowest BCUT2D eigenvalue weighted by Gasteiger charge is -2.52. The monoisotopic (exact) mass is 486 g/mol. The number of aliphatic hydroxyl groups excluding tert-OH is 1. The third kappa shape index (κ3) is 2.11. The Morgan fingerprint density at radius 1 is 1.19 bits per heavy atom. The zero-order chi connectivity index (χ0) is 18.3. The maximum Gasteiger partial charge on any atom is 0.200 e. The van der Waals surface area contributed by atoms with Crippen LogP contribution in [0.25, 0.3) is 0 Å². The van der Waals surface area contributed by atoms with E-state index >= 15 is 0 Å². The van der Waals surface area contributed by atoms with Gasteiger partial charge >= 0.3 is 0 Å². The number of hydrogen-bond donors (Lipinski definition) is 2. The Labute approximate surface area is 170 Å². The van der Waals surface area contributed by atoms with Crippen molar-refractivity contribution >= 4 is 31.9 Å². The van der Waals surface area contributed by atoms with Gasteiger partial charge in [-0.25, -0.2) is 0 Å². The fourth-order valence-electron chi connectivity index (χ4n) is 6.55. The third-order valence-corrected chi connectivity index (χ3v) is 9.17. The Balaban J connectivity index is 1.56. The molecule has 0 bridgehead atoms. The van der Waals surface area contributed by atoms with E-state index in [-0.39, 0.29) is 5.41 Å². The van der Waals surface area contributed by atoms with Gasteiger partial charge in [0.05, 0.1) is 22.2 Å². The molecule has 0 aromatic heterocycles. The van der Waals surface area contributed by atoms with Crippen molar-refractivity contribution in [3.05, 3.63) is 26.1 Å². The van der Waals surface area contributed by atoms with Crippen LogP contribution in [0, 0.1) is 17.3 Å². The molecule has 2 N–H and O–H groups in total. The first-order chi connectivity index (χ1) is 12.4. The lowest BCUT2D eigenvalue weighted by molar-refractivity contribution is -0.270. The summed E-state index contributed by atoms with van der Waals surface area (Å²) in [6, 6.07) is 2.11. The van der Waals surface area contributed by atoms with Gasteiger partial charge in [-0.2, -0.15) is 0 Å². The zero-order valence-corrected chi connectivity index (χ0v) is 18.0. The van der Waals surface area contributed by atoms with Gasteiger partial charge in [0.1, 0.15) is 11.9 Å². The second-order valence-electron chi connectivity index (χ2n) is 8.58. The molecule has 5 atom stereocenters. The molecule has 4 nitrogen and oxygen atoms in total. The van der Waals surface area contributed by atoms with Crippen LogP contribution >= 0.6 is 31.9 Å². The standard InChI is InChI=1S/C20H24Br2O4/c1-19-5-4-10-11(14(19)9-16(23)20(19)25-6-7-26-20)2-3-12-13(10)8-15(21)18(24)17(12)22/h8,10-11,14,16,23-24H,2-7,9H2,1H3/t10-,11-,14+,16-,19+/m1/s1. The Morgan fingerprint density at radius 3 is 2.65 bits per heavy atom. The topological polar surface area (TPSA) is 58.9 Å². The number of aliphatic hydroxyl groups is 1. The summed E-state index contributed by atoms with van der Waals surface area (Å²) in [6.07, 6.45) is 4.31. The highest BCUT2D eigenvalue weighted by atomic mass is 79.9. The summed E-state index contributed by atoms with van der Waals surface area (Å²) in [5.41, 5.74) is 2.47. The smallest absolute Gasteiger partial charge is 0.200 e. The first-order valence-corrected chi connectivity index (χ1v) is 11.1. The molecular formula is C20H24Br2O4. The Hall–Kier alpha value is -0.140. The SMILES string of the molecule is C[C@]12CC[C@H]3c4cc(Br)c(O)c(Br)c4CC[C@H]3[C@@H]1C[C@@H](O)C21OCCO1.